The SMILES string of the molecule is CCOC(=O)Cc1nc(C(F)F)cc(F)c1CBr. The molecular formula is C11H11BrF3NO2. The van der Waals surface area contributed by atoms with Gasteiger partial charge in [0, 0.05) is 17.0 Å². The summed E-state index contributed by atoms with van der Waals surface area (Å²) in [6, 6.07) is 0.677. The number of alkyl halides is 3. The molecule has 3 nitrogen and oxygen atoms in total. The lowest BCUT2D eigenvalue weighted by atomic mass is 10.1. The highest BCUT2D eigenvalue weighted by atomic mass is 79.9. The molecule has 0 saturated carbocycles. The van der Waals surface area contributed by atoms with Crippen LogP contribution >= 0.6 is 15.9 Å². The highest BCUT2D eigenvalue weighted by molar-refractivity contribution is 9.08. The molecule has 0 saturated heterocycles. The van der Waals surface area contributed by atoms with E-state index in [1.54, 1.807) is 6.92 Å². The molecule has 0 aromatic carbocycles. The van der Waals surface area contributed by atoms with Gasteiger partial charge in [0.25, 0.3) is 6.43 Å². The van der Waals surface area contributed by atoms with E-state index in [0.717, 1.165) is 0 Å². The first-order valence-electron chi connectivity index (χ1n) is 5.17. The predicted molar refractivity (Wildman–Crippen MR) is 62.1 cm³/mol. The number of carbonyl (C=O) groups excluding carboxylic acids is 1. The van der Waals surface area contributed by atoms with Gasteiger partial charge < -0.3 is 4.74 Å². The lowest BCUT2D eigenvalue weighted by Gasteiger charge is -2.10. The number of hydrogen-bond acceptors (Lipinski definition) is 3. The van der Waals surface area contributed by atoms with Crippen molar-refractivity contribution in [3.05, 3.63) is 28.8 Å². The van der Waals surface area contributed by atoms with Gasteiger partial charge in [0.1, 0.15) is 11.5 Å². The summed E-state index contributed by atoms with van der Waals surface area (Å²) in [6.45, 7) is 1.78. The summed E-state index contributed by atoms with van der Waals surface area (Å²) in [5.41, 5.74) is -0.621. The van der Waals surface area contributed by atoms with Gasteiger partial charge in [0.15, 0.2) is 0 Å². The summed E-state index contributed by atoms with van der Waals surface area (Å²) in [7, 11) is 0. The Labute approximate surface area is 110 Å². The van der Waals surface area contributed by atoms with Gasteiger partial charge in [0.2, 0.25) is 0 Å². The average Bonchev–Trinajstić information content (AvgIpc) is 2.28. The first-order valence-corrected chi connectivity index (χ1v) is 6.29. The van der Waals surface area contributed by atoms with Crippen molar-refractivity contribution in [3.8, 4) is 0 Å². The topological polar surface area (TPSA) is 39.2 Å². The average molecular weight is 326 g/mol. The fraction of sp³-hybridized carbons (Fsp3) is 0.455. The molecule has 18 heavy (non-hydrogen) atoms. The first kappa shape index (κ1) is 14.9. The standard InChI is InChI=1S/C11H11BrF3NO2/c1-2-18-10(17)4-8-6(5-12)7(13)3-9(16-8)11(14)15/h3,11H,2,4-5H2,1H3. The zero-order valence-electron chi connectivity index (χ0n) is 9.55. The minimum Gasteiger partial charge on any atom is -0.466 e. The molecule has 0 bridgehead atoms. The highest BCUT2D eigenvalue weighted by Gasteiger charge is 2.19. The van der Waals surface area contributed by atoms with Gasteiger partial charge in [-0.05, 0) is 6.92 Å². The lowest BCUT2D eigenvalue weighted by Crippen LogP contribution is -2.13. The van der Waals surface area contributed by atoms with Crippen LogP contribution in [0.1, 0.15) is 30.3 Å². The Bertz CT molecular complexity index is 441. The molecule has 100 valence electrons. The number of carbonyl (C=O) groups is 1. The smallest absolute Gasteiger partial charge is 0.311 e. The summed E-state index contributed by atoms with van der Waals surface area (Å²) in [6.07, 6.45) is -3.21. The maximum atomic E-state index is 13.6. The molecule has 0 amide bonds. The fourth-order valence-corrected chi connectivity index (χ4v) is 1.95. The van der Waals surface area contributed by atoms with E-state index in [1.165, 1.54) is 0 Å². The molecule has 1 rings (SSSR count). The largest absolute Gasteiger partial charge is 0.466 e. The summed E-state index contributed by atoms with van der Waals surface area (Å²) >= 11 is 3.03. The second-order valence-corrected chi connectivity index (χ2v) is 3.93. The Balaban J connectivity index is 3.10. The van der Waals surface area contributed by atoms with Crippen LogP contribution in [0.3, 0.4) is 0 Å². The van der Waals surface area contributed by atoms with Crippen LogP contribution in [0.15, 0.2) is 6.07 Å². The van der Waals surface area contributed by atoms with Gasteiger partial charge in [-0.1, -0.05) is 15.9 Å². The molecule has 0 radical (unpaired) electrons. The van der Waals surface area contributed by atoms with Crippen molar-refractivity contribution in [1.29, 1.82) is 0 Å². The summed E-state index contributed by atoms with van der Waals surface area (Å²) in [5.74, 6) is -1.44. The third kappa shape index (κ3) is 3.69. The number of rotatable bonds is 5. The van der Waals surface area contributed by atoms with Gasteiger partial charge in [0.05, 0.1) is 18.7 Å². The van der Waals surface area contributed by atoms with E-state index in [4.69, 9.17) is 0 Å². The number of hydrogen-bond donors (Lipinski definition) is 0. The van der Waals surface area contributed by atoms with Crippen molar-refractivity contribution in [3.63, 3.8) is 0 Å². The maximum Gasteiger partial charge on any atom is 0.311 e. The van der Waals surface area contributed by atoms with Crippen LogP contribution in [0.2, 0.25) is 0 Å². The van der Waals surface area contributed by atoms with Crippen molar-refractivity contribution in [1.82, 2.24) is 4.98 Å². The van der Waals surface area contributed by atoms with Crippen LogP contribution in [0.25, 0.3) is 0 Å². The van der Waals surface area contributed by atoms with E-state index in [9.17, 15) is 18.0 Å². The Morgan fingerprint density at radius 3 is 2.72 bits per heavy atom. The van der Waals surface area contributed by atoms with Crippen molar-refractivity contribution in [2.24, 2.45) is 0 Å². The molecule has 7 heteroatoms. The minimum absolute atomic E-state index is 0.0272. The quantitative estimate of drug-likeness (QED) is 0.616. The van der Waals surface area contributed by atoms with Crippen molar-refractivity contribution in [2.75, 3.05) is 6.61 Å². The van der Waals surface area contributed by atoms with E-state index in [2.05, 4.69) is 25.7 Å². The molecule has 1 aromatic heterocycles. The van der Waals surface area contributed by atoms with Crippen LogP contribution in [0.5, 0.6) is 0 Å². The molecule has 0 N–H and O–H groups in total. The molecule has 0 aliphatic heterocycles. The monoisotopic (exact) mass is 325 g/mol. The second-order valence-electron chi connectivity index (χ2n) is 3.37. The lowest BCUT2D eigenvalue weighted by molar-refractivity contribution is -0.142. The fourth-order valence-electron chi connectivity index (χ4n) is 1.36. The molecule has 0 fully saturated rings. The molecule has 0 aliphatic carbocycles. The van der Waals surface area contributed by atoms with Gasteiger partial charge in [-0.15, -0.1) is 0 Å². The van der Waals surface area contributed by atoms with Gasteiger partial charge in [-0.25, -0.2) is 13.2 Å². The molecule has 0 spiro atoms. The number of nitrogens with zero attached hydrogens (tertiary/aromatic N) is 1. The minimum atomic E-state index is -2.88. The van der Waals surface area contributed by atoms with Gasteiger partial charge >= 0.3 is 5.97 Å². The molecular weight excluding hydrogens is 315 g/mol. The van der Waals surface area contributed by atoms with E-state index >= 15 is 0 Å². The summed E-state index contributed by atoms with van der Waals surface area (Å²) in [4.78, 5) is 14.9. The van der Waals surface area contributed by atoms with Crippen LogP contribution in [0, 0.1) is 5.82 Å². The van der Waals surface area contributed by atoms with Crippen LogP contribution < -0.4 is 0 Å². The molecule has 1 heterocycles. The molecule has 0 atom stereocenters. The predicted octanol–water partition coefficient (Wildman–Crippen LogP) is 3.16. The Kier molecular flexibility index (Phi) is 5.58. The van der Waals surface area contributed by atoms with Crippen LogP contribution in [-0.4, -0.2) is 17.6 Å². The summed E-state index contributed by atoms with van der Waals surface area (Å²) < 4.78 is 43.2. The van der Waals surface area contributed by atoms with E-state index in [0.29, 0.717) is 6.07 Å². The van der Waals surface area contributed by atoms with E-state index in [-0.39, 0.29) is 29.6 Å². The zero-order chi connectivity index (χ0) is 13.7. The number of pyridine rings is 1. The first-order chi connectivity index (χ1) is 8.49. The number of ether oxygens (including phenoxy) is 1. The van der Waals surface area contributed by atoms with E-state index < -0.39 is 23.9 Å². The number of halogens is 4. The molecule has 0 unspecified atom stereocenters. The number of aromatic nitrogens is 1. The number of esters is 1. The zero-order valence-corrected chi connectivity index (χ0v) is 11.1. The Morgan fingerprint density at radius 1 is 1.56 bits per heavy atom. The highest BCUT2D eigenvalue weighted by Crippen LogP contribution is 2.23. The van der Waals surface area contributed by atoms with Crippen LogP contribution in [0.4, 0.5) is 13.2 Å². The maximum absolute atomic E-state index is 13.6. The van der Waals surface area contributed by atoms with Gasteiger partial charge in [-0.2, -0.15) is 0 Å². The van der Waals surface area contributed by atoms with Gasteiger partial charge in [-0.3, -0.25) is 9.78 Å². The Morgan fingerprint density at radius 2 is 2.22 bits per heavy atom. The van der Waals surface area contributed by atoms with Crippen molar-refractivity contribution < 1.29 is 22.7 Å². The van der Waals surface area contributed by atoms with Crippen molar-refractivity contribution in [2.45, 2.75) is 25.1 Å². The third-order valence-electron chi connectivity index (χ3n) is 2.15. The third-order valence-corrected chi connectivity index (χ3v) is 2.71. The van der Waals surface area contributed by atoms with Crippen LogP contribution in [-0.2, 0) is 21.3 Å². The Hall–Kier alpha value is -1.11. The molecule has 1 aromatic rings. The normalized spacial score (nSPS) is 10.8. The second kappa shape index (κ2) is 6.72. The summed E-state index contributed by atoms with van der Waals surface area (Å²) in [5, 5.41) is 0.0874. The van der Waals surface area contributed by atoms with E-state index in [1.807, 2.05) is 0 Å². The van der Waals surface area contributed by atoms with Crippen molar-refractivity contribution >= 4 is 21.9 Å². The molecule has 0 aliphatic rings.